The Labute approximate surface area is 246 Å². The second kappa shape index (κ2) is 14.0. The van der Waals surface area contributed by atoms with Gasteiger partial charge in [-0.1, -0.05) is 25.7 Å². The summed E-state index contributed by atoms with van der Waals surface area (Å²) >= 11 is 0. The first-order valence-corrected chi connectivity index (χ1v) is 15.2. The molecule has 2 amide bonds. The lowest BCUT2D eigenvalue weighted by Gasteiger charge is -2.41. The van der Waals surface area contributed by atoms with E-state index in [2.05, 4.69) is 10.2 Å². The number of aldehydes is 1. The summed E-state index contributed by atoms with van der Waals surface area (Å²) in [5, 5.41) is 23.9. The number of benzene rings is 1. The van der Waals surface area contributed by atoms with Gasteiger partial charge in [-0.05, 0) is 30.5 Å². The van der Waals surface area contributed by atoms with Gasteiger partial charge in [0.25, 0.3) is 0 Å². The van der Waals surface area contributed by atoms with E-state index in [1.807, 2.05) is 0 Å². The fourth-order valence-corrected chi connectivity index (χ4v) is 6.84. The number of amides is 2. The van der Waals surface area contributed by atoms with Crippen molar-refractivity contribution in [2.45, 2.75) is 62.7 Å². The molecule has 5 rings (SSSR count). The summed E-state index contributed by atoms with van der Waals surface area (Å²) in [6.45, 7) is 3.62. The van der Waals surface area contributed by atoms with Crippen molar-refractivity contribution < 1.29 is 38.8 Å². The number of fused-ring (bicyclic) bond motifs is 3. The minimum atomic E-state index is -1.14. The van der Waals surface area contributed by atoms with Crippen LogP contribution in [0.15, 0.2) is 23.8 Å². The molecule has 230 valence electrons. The number of ether oxygens (including phenoxy) is 3. The molecule has 3 N–H and O–H groups in total. The van der Waals surface area contributed by atoms with Crippen molar-refractivity contribution >= 4 is 18.1 Å². The molecule has 0 aromatic heterocycles. The van der Waals surface area contributed by atoms with Crippen molar-refractivity contribution in [1.82, 2.24) is 15.1 Å². The van der Waals surface area contributed by atoms with Gasteiger partial charge in [0.05, 0.1) is 38.9 Å². The summed E-state index contributed by atoms with van der Waals surface area (Å²) in [6, 6.07) is 2.41. The summed E-state index contributed by atoms with van der Waals surface area (Å²) in [5.74, 6) is 0.0761. The van der Waals surface area contributed by atoms with E-state index in [-0.39, 0.29) is 19.1 Å². The average Bonchev–Trinajstić information content (AvgIpc) is 3.68. The van der Waals surface area contributed by atoms with E-state index in [0.717, 1.165) is 32.4 Å². The van der Waals surface area contributed by atoms with E-state index in [1.165, 1.54) is 20.0 Å². The first-order valence-electron chi connectivity index (χ1n) is 15.2. The molecule has 0 radical (unpaired) electrons. The van der Waals surface area contributed by atoms with Crippen LogP contribution in [0.5, 0.6) is 11.5 Å². The maximum atomic E-state index is 13.9. The zero-order valence-corrected chi connectivity index (χ0v) is 24.3. The van der Waals surface area contributed by atoms with Crippen LogP contribution in [0.3, 0.4) is 0 Å². The highest BCUT2D eigenvalue weighted by molar-refractivity contribution is 5.96. The number of hydrogen-bond acceptors (Lipinski definition) is 9. The lowest BCUT2D eigenvalue weighted by Crippen LogP contribution is -2.57. The molecular weight excluding hydrogens is 542 g/mol. The maximum absolute atomic E-state index is 13.9. The van der Waals surface area contributed by atoms with Crippen LogP contribution in [-0.4, -0.2) is 116 Å². The summed E-state index contributed by atoms with van der Waals surface area (Å²) in [5.41, 5.74) is 1.25. The molecule has 11 nitrogen and oxygen atoms in total. The van der Waals surface area contributed by atoms with Crippen molar-refractivity contribution in [1.29, 1.82) is 0 Å². The molecule has 4 aliphatic rings. The second-order valence-corrected chi connectivity index (χ2v) is 11.6. The van der Waals surface area contributed by atoms with Crippen LogP contribution < -0.4 is 14.8 Å². The highest BCUT2D eigenvalue weighted by Gasteiger charge is 2.51. The van der Waals surface area contributed by atoms with Crippen LogP contribution in [0.2, 0.25) is 0 Å². The summed E-state index contributed by atoms with van der Waals surface area (Å²) in [6.07, 6.45) is 6.23. The highest BCUT2D eigenvalue weighted by Crippen LogP contribution is 2.51. The van der Waals surface area contributed by atoms with Crippen LogP contribution in [0.4, 0.5) is 0 Å². The number of nitrogens with one attached hydrogen (secondary N) is 1. The third-order valence-electron chi connectivity index (χ3n) is 9.09. The Hall–Kier alpha value is -2.99. The molecule has 0 unspecified atom stereocenters. The predicted molar refractivity (Wildman–Crippen MR) is 154 cm³/mol. The fourth-order valence-electron chi connectivity index (χ4n) is 6.84. The minimum absolute atomic E-state index is 0.0489. The molecule has 42 heavy (non-hydrogen) atoms. The normalized spacial score (nSPS) is 25.6. The van der Waals surface area contributed by atoms with Crippen molar-refractivity contribution in [3.8, 4) is 11.5 Å². The van der Waals surface area contributed by atoms with Crippen LogP contribution in [0, 0.1) is 5.92 Å². The largest absolute Gasteiger partial charge is 0.493 e. The number of carbonyl (C=O) groups is 3. The number of carbonyl (C=O) groups excluding carboxylic acids is 3. The van der Waals surface area contributed by atoms with Crippen molar-refractivity contribution in [2.75, 3.05) is 59.7 Å². The Morgan fingerprint density at radius 1 is 1.21 bits per heavy atom. The summed E-state index contributed by atoms with van der Waals surface area (Å²) in [4.78, 5) is 43.0. The summed E-state index contributed by atoms with van der Waals surface area (Å²) < 4.78 is 17.3. The molecule has 2 fully saturated rings. The first-order chi connectivity index (χ1) is 20.4. The Balaban J connectivity index is 1.48. The number of aliphatic hydroxyl groups excluding tert-OH is 2. The molecule has 4 atom stereocenters. The molecular formula is C31H43N3O8. The quantitative estimate of drug-likeness (QED) is 0.310. The third-order valence-corrected chi connectivity index (χ3v) is 9.09. The van der Waals surface area contributed by atoms with Crippen LogP contribution in [0.1, 0.15) is 60.4 Å². The van der Waals surface area contributed by atoms with E-state index >= 15 is 0 Å². The number of hydrogen-bond donors (Lipinski definition) is 3. The molecule has 2 heterocycles. The van der Waals surface area contributed by atoms with Gasteiger partial charge in [-0.3, -0.25) is 19.3 Å². The molecule has 1 aromatic rings. The van der Waals surface area contributed by atoms with Crippen LogP contribution >= 0.6 is 0 Å². The Bertz CT molecular complexity index is 1160. The molecule has 1 saturated heterocycles. The number of morpholine rings is 1. The molecule has 1 aromatic carbocycles. The number of aliphatic hydroxyl groups is 2. The number of rotatable bonds is 12. The average molecular weight is 586 g/mol. The van der Waals surface area contributed by atoms with E-state index < -0.39 is 30.1 Å². The van der Waals surface area contributed by atoms with Gasteiger partial charge < -0.3 is 34.6 Å². The minimum Gasteiger partial charge on any atom is -0.493 e. The van der Waals surface area contributed by atoms with Gasteiger partial charge in [0.1, 0.15) is 18.5 Å². The summed E-state index contributed by atoms with van der Waals surface area (Å²) in [7, 11) is 1.47. The van der Waals surface area contributed by atoms with Gasteiger partial charge in [0.15, 0.2) is 11.5 Å². The Morgan fingerprint density at radius 3 is 2.67 bits per heavy atom. The molecule has 2 aliphatic heterocycles. The van der Waals surface area contributed by atoms with Gasteiger partial charge in [0, 0.05) is 55.8 Å². The molecule has 1 saturated carbocycles. The third kappa shape index (κ3) is 6.49. The van der Waals surface area contributed by atoms with E-state index in [1.54, 1.807) is 23.1 Å². The van der Waals surface area contributed by atoms with Crippen molar-refractivity contribution in [3.05, 3.63) is 34.9 Å². The second-order valence-electron chi connectivity index (χ2n) is 11.6. The predicted octanol–water partition coefficient (Wildman–Crippen LogP) is 1.26. The topological polar surface area (TPSA) is 138 Å². The molecule has 2 aliphatic carbocycles. The monoisotopic (exact) mass is 585 g/mol. The number of nitrogens with zero attached hydrogens (tertiary/aromatic N) is 2. The lowest BCUT2D eigenvalue weighted by atomic mass is 9.77. The zero-order valence-electron chi connectivity index (χ0n) is 24.3. The van der Waals surface area contributed by atoms with Gasteiger partial charge in [-0.2, -0.15) is 0 Å². The van der Waals surface area contributed by atoms with Gasteiger partial charge in [-0.15, -0.1) is 0 Å². The van der Waals surface area contributed by atoms with Crippen molar-refractivity contribution in [2.24, 2.45) is 5.92 Å². The SMILES string of the molecule is COc1cc(C=O)cc2c1O[C@@H]1[C@@H](O)[C@H](N(CCN3CCOCC3)C(=O)CCC3CCCC3)C=C(C(=O)NCCO)[C@H]21. The zero-order chi connectivity index (χ0) is 29.6. The smallest absolute Gasteiger partial charge is 0.247 e. The van der Waals surface area contributed by atoms with E-state index in [9.17, 15) is 24.6 Å². The molecule has 0 spiro atoms. The van der Waals surface area contributed by atoms with E-state index in [0.29, 0.717) is 73.1 Å². The van der Waals surface area contributed by atoms with Gasteiger partial charge in [0.2, 0.25) is 11.8 Å². The number of methoxy groups -OCH3 is 1. The first kappa shape index (κ1) is 30.5. The Kier molecular flexibility index (Phi) is 10.1. The molecule has 11 heteroatoms. The molecule has 0 bridgehead atoms. The standard InChI is InChI=1S/C31H43N3O8/c1-40-25-17-21(19-36)16-22-27-23(31(39)32-8-13-35)18-24(28(38)30(27)42-29(22)25)34(10-9-33-11-14-41-15-12-33)26(37)7-6-20-4-2-3-5-20/h16-20,24,27-28,30,35,38H,2-15H2,1H3,(H,32,39)/t24-,27+,28+,30+/m1/s1. The lowest BCUT2D eigenvalue weighted by molar-refractivity contribution is -0.138. The Morgan fingerprint density at radius 2 is 1.98 bits per heavy atom. The van der Waals surface area contributed by atoms with E-state index in [4.69, 9.17) is 14.2 Å². The highest BCUT2D eigenvalue weighted by atomic mass is 16.5. The van der Waals surface area contributed by atoms with Crippen LogP contribution in [-0.2, 0) is 14.3 Å². The fraction of sp³-hybridized carbons (Fsp3) is 0.645. The maximum Gasteiger partial charge on any atom is 0.247 e. The van der Waals surface area contributed by atoms with Crippen molar-refractivity contribution in [3.63, 3.8) is 0 Å². The van der Waals surface area contributed by atoms with Gasteiger partial charge in [-0.25, -0.2) is 0 Å². The van der Waals surface area contributed by atoms with Crippen LogP contribution in [0.25, 0.3) is 0 Å². The van der Waals surface area contributed by atoms with Gasteiger partial charge >= 0.3 is 0 Å².